The number of benzene rings is 1. The Morgan fingerprint density at radius 2 is 1.85 bits per heavy atom. The van der Waals surface area contributed by atoms with Crippen LogP contribution in [0.2, 0.25) is 0 Å². The predicted octanol–water partition coefficient (Wildman–Crippen LogP) is 1.92. The van der Waals surface area contributed by atoms with Crippen molar-refractivity contribution in [3.05, 3.63) is 45.7 Å². The zero-order valence-electron chi connectivity index (χ0n) is 13.8. The average Bonchev–Trinajstić information content (AvgIpc) is 3.07. The number of carbonyl (C=O) groups excluding carboxylic acids is 3. The van der Waals surface area contributed by atoms with E-state index < -0.39 is 34.5 Å². The quantitative estimate of drug-likeness (QED) is 0.547. The summed E-state index contributed by atoms with van der Waals surface area (Å²) in [7, 11) is -2.58. The van der Waals surface area contributed by atoms with Crippen LogP contribution in [0, 0.1) is 0 Å². The number of hydrogen-bond acceptors (Lipinski definition) is 7. The molecule has 0 saturated carbocycles. The third-order valence-electron chi connectivity index (χ3n) is 3.02. The van der Waals surface area contributed by atoms with Gasteiger partial charge in [0.1, 0.15) is 4.21 Å². The van der Waals surface area contributed by atoms with Gasteiger partial charge in [-0.25, -0.2) is 18.0 Å². The molecule has 0 unspecified atom stereocenters. The van der Waals surface area contributed by atoms with Crippen LogP contribution in [0.3, 0.4) is 0 Å². The third-order valence-corrected chi connectivity index (χ3v) is 6.50. The fourth-order valence-electron chi connectivity index (χ4n) is 1.82. The first-order chi connectivity index (χ1) is 12.7. The summed E-state index contributed by atoms with van der Waals surface area (Å²) in [6.07, 6.45) is 0. The second-order valence-corrected chi connectivity index (χ2v) is 9.29. The molecule has 2 rings (SSSR count). The van der Waals surface area contributed by atoms with Crippen LogP contribution < -0.4 is 15.4 Å². The highest BCUT2D eigenvalue weighted by atomic mass is 79.9. The Morgan fingerprint density at radius 1 is 1.15 bits per heavy atom. The van der Waals surface area contributed by atoms with Crippen LogP contribution in [0.15, 0.2) is 44.4 Å². The molecule has 0 atom stereocenters. The molecule has 0 aliphatic rings. The highest BCUT2D eigenvalue weighted by molar-refractivity contribution is 9.11. The van der Waals surface area contributed by atoms with Gasteiger partial charge >= 0.3 is 12.0 Å². The number of anilines is 1. The Labute approximate surface area is 167 Å². The largest absolute Gasteiger partial charge is 0.452 e. The SMILES string of the molecule is CNC(=O)NC(=O)COC(=O)c1ccccc1NS(=O)(=O)c1ccc(Br)s1. The number of sulfonamides is 1. The van der Waals surface area contributed by atoms with E-state index in [-0.39, 0.29) is 15.5 Å². The molecule has 3 N–H and O–H groups in total. The minimum Gasteiger partial charge on any atom is -0.452 e. The van der Waals surface area contributed by atoms with Crippen LogP contribution >= 0.6 is 27.3 Å². The molecule has 0 saturated heterocycles. The molecule has 1 aromatic heterocycles. The van der Waals surface area contributed by atoms with Crippen LogP contribution in [0.25, 0.3) is 0 Å². The average molecular weight is 476 g/mol. The van der Waals surface area contributed by atoms with Crippen LogP contribution in [-0.2, 0) is 19.6 Å². The summed E-state index contributed by atoms with van der Waals surface area (Å²) in [4.78, 5) is 34.7. The van der Waals surface area contributed by atoms with Crippen LogP contribution in [0.5, 0.6) is 0 Å². The second-order valence-electron chi connectivity index (χ2n) is 4.91. The van der Waals surface area contributed by atoms with E-state index in [1.165, 1.54) is 37.4 Å². The maximum absolute atomic E-state index is 12.4. The van der Waals surface area contributed by atoms with E-state index in [0.29, 0.717) is 3.79 Å². The highest BCUT2D eigenvalue weighted by Gasteiger charge is 2.21. The lowest BCUT2D eigenvalue weighted by atomic mass is 10.2. The maximum atomic E-state index is 12.4. The topological polar surface area (TPSA) is 131 Å². The van der Waals surface area contributed by atoms with Gasteiger partial charge in [0.25, 0.3) is 15.9 Å². The van der Waals surface area contributed by atoms with Crippen molar-refractivity contribution in [2.75, 3.05) is 18.4 Å². The number of ether oxygens (including phenoxy) is 1. The van der Waals surface area contributed by atoms with E-state index in [2.05, 4.69) is 26.0 Å². The molecule has 0 radical (unpaired) electrons. The second kappa shape index (κ2) is 8.97. The van der Waals surface area contributed by atoms with Gasteiger partial charge in [0.15, 0.2) is 6.61 Å². The van der Waals surface area contributed by atoms with Gasteiger partial charge in [-0.2, -0.15) is 0 Å². The molecule has 0 spiro atoms. The van der Waals surface area contributed by atoms with Crippen molar-refractivity contribution in [1.29, 1.82) is 0 Å². The molecule has 0 aliphatic heterocycles. The van der Waals surface area contributed by atoms with E-state index >= 15 is 0 Å². The summed E-state index contributed by atoms with van der Waals surface area (Å²) in [6, 6.07) is 8.05. The number of carbonyl (C=O) groups is 3. The molecular formula is C15H14BrN3O6S2. The zero-order valence-corrected chi connectivity index (χ0v) is 17.0. The molecule has 0 aliphatic carbocycles. The third kappa shape index (κ3) is 5.77. The molecule has 1 aromatic carbocycles. The summed E-state index contributed by atoms with van der Waals surface area (Å²) >= 11 is 4.20. The van der Waals surface area contributed by atoms with Gasteiger partial charge in [-0.1, -0.05) is 12.1 Å². The van der Waals surface area contributed by atoms with Gasteiger partial charge in [-0.3, -0.25) is 14.8 Å². The predicted molar refractivity (Wildman–Crippen MR) is 102 cm³/mol. The number of esters is 1. The Balaban J connectivity index is 2.12. The van der Waals surface area contributed by atoms with Crippen LogP contribution in [-0.4, -0.2) is 40.0 Å². The molecule has 9 nitrogen and oxygen atoms in total. The molecule has 0 bridgehead atoms. The first kappa shape index (κ1) is 20.9. The maximum Gasteiger partial charge on any atom is 0.340 e. The molecule has 1 heterocycles. The Bertz CT molecular complexity index is 973. The van der Waals surface area contributed by atoms with E-state index in [9.17, 15) is 22.8 Å². The monoisotopic (exact) mass is 475 g/mol. The number of para-hydroxylation sites is 1. The van der Waals surface area contributed by atoms with Crippen molar-refractivity contribution in [2.45, 2.75) is 4.21 Å². The normalized spacial score (nSPS) is 10.7. The molecule has 27 heavy (non-hydrogen) atoms. The number of halogens is 1. The molecule has 3 amide bonds. The first-order valence-corrected chi connectivity index (χ1v) is 10.4. The summed E-state index contributed by atoms with van der Waals surface area (Å²) < 4.78 is 32.7. The number of thiophene rings is 1. The smallest absolute Gasteiger partial charge is 0.340 e. The van der Waals surface area contributed by atoms with Crippen molar-refractivity contribution >= 4 is 60.9 Å². The molecule has 0 fully saturated rings. The molecule has 12 heteroatoms. The van der Waals surface area contributed by atoms with E-state index in [1.54, 1.807) is 6.07 Å². The fourth-order valence-corrected chi connectivity index (χ4v) is 4.91. The Hall–Kier alpha value is -2.44. The standard InChI is InChI=1S/C15H14BrN3O6S2/c1-17-15(22)18-12(20)8-25-14(21)9-4-2-3-5-10(9)19-27(23,24)13-7-6-11(16)26-13/h2-7,19H,8H2,1H3,(H2,17,18,20,22). The summed E-state index contributed by atoms with van der Waals surface area (Å²) in [5, 5.41) is 4.11. The van der Waals surface area contributed by atoms with Crippen LogP contribution in [0.1, 0.15) is 10.4 Å². The van der Waals surface area contributed by atoms with Gasteiger partial charge in [-0.15, -0.1) is 11.3 Å². The Morgan fingerprint density at radius 3 is 2.48 bits per heavy atom. The Kier molecular flexibility index (Phi) is 6.93. The number of hydrogen-bond donors (Lipinski definition) is 3. The van der Waals surface area contributed by atoms with Gasteiger partial charge in [-0.05, 0) is 40.2 Å². The van der Waals surface area contributed by atoms with Crippen molar-refractivity contribution in [3.63, 3.8) is 0 Å². The van der Waals surface area contributed by atoms with Crippen LogP contribution in [0.4, 0.5) is 10.5 Å². The fraction of sp³-hybridized carbons (Fsp3) is 0.133. The summed E-state index contributed by atoms with van der Waals surface area (Å²) in [5.41, 5.74) is -0.0804. The number of urea groups is 1. The number of imide groups is 1. The van der Waals surface area contributed by atoms with Gasteiger partial charge in [0.05, 0.1) is 15.0 Å². The van der Waals surface area contributed by atoms with Crippen molar-refractivity contribution < 1.29 is 27.5 Å². The number of nitrogens with one attached hydrogen (secondary N) is 3. The minimum atomic E-state index is -3.90. The number of amides is 3. The minimum absolute atomic E-state index is 0.00117. The van der Waals surface area contributed by atoms with E-state index in [0.717, 1.165) is 11.3 Å². The molecule has 2 aromatic rings. The van der Waals surface area contributed by atoms with Crippen molar-refractivity contribution in [2.24, 2.45) is 0 Å². The highest BCUT2D eigenvalue weighted by Crippen LogP contribution is 2.28. The van der Waals surface area contributed by atoms with E-state index in [4.69, 9.17) is 4.74 Å². The molecule has 144 valence electrons. The lowest BCUT2D eigenvalue weighted by Gasteiger charge is -2.11. The lowest BCUT2D eigenvalue weighted by Crippen LogP contribution is -2.39. The van der Waals surface area contributed by atoms with Crippen molar-refractivity contribution in [1.82, 2.24) is 10.6 Å². The van der Waals surface area contributed by atoms with Crippen molar-refractivity contribution in [3.8, 4) is 0 Å². The van der Waals surface area contributed by atoms with Gasteiger partial charge in [0, 0.05) is 7.05 Å². The number of rotatable bonds is 6. The summed E-state index contributed by atoms with van der Waals surface area (Å²) in [6.45, 7) is -0.703. The lowest BCUT2D eigenvalue weighted by molar-refractivity contribution is -0.123. The van der Waals surface area contributed by atoms with Gasteiger partial charge in [0.2, 0.25) is 0 Å². The first-order valence-electron chi connectivity index (χ1n) is 7.29. The van der Waals surface area contributed by atoms with E-state index in [1.807, 2.05) is 5.32 Å². The summed E-state index contributed by atoms with van der Waals surface area (Å²) in [5.74, 6) is -1.75. The zero-order chi connectivity index (χ0) is 20.0. The van der Waals surface area contributed by atoms with Gasteiger partial charge < -0.3 is 10.1 Å². The molecular weight excluding hydrogens is 462 g/mol.